The van der Waals surface area contributed by atoms with Gasteiger partial charge in [0.25, 0.3) is 0 Å². The average molecular weight is 441 g/mol. The van der Waals surface area contributed by atoms with Gasteiger partial charge in [0, 0.05) is 39.0 Å². The highest BCUT2D eigenvalue weighted by Gasteiger charge is 2.15. The molecule has 1 unspecified atom stereocenters. The molecule has 0 aliphatic rings. The molecule has 172 valence electrons. The fraction of sp³-hybridized carbons (Fsp3) is 0.773. The maximum atomic E-state index is 11.7. The summed E-state index contributed by atoms with van der Waals surface area (Å²) in [5.41, 5.74) is 0.622. The molecule has 0 spiro atoms. The van der Waals surface area contributed by atoms with Gasteiger partial charge in [-0.05, 0) is 47.5 Å². The summed E-state index contributed by atoms with van der Waals surface area (Å²) >= 11 is 1.63. The summed E-state index contributed by atoms with van der Waals surface area (Å²) < 4.78 is 10.7. The predicted molar refractivity (Wildman–Crippen MR) is 124 cm³/mol. The van der Waals surface area contributed by atoms with Crippen LogP contribution in [0.3, 0.4) is 0 Å². The molecule has 0 aromatic carbocycles. The first-order valence-electron chi connectivity index (χ1n) is 10.8. The van der Waals surface area contributed by atoms with Crippen LogP contribution in [0.25, 0.3) is 0 Å². The van der Waals surface area contributed by atoms with Crippen LogP contribution in [0.4, 0.5) is 0 Å². The van der Waals surface area contributed by atoms with Gasteiger partial charge in [-0.1, -0.05) is 12.8 Å². The molecule has 1 aromatic rings. The number of hydrogen-bond acceptors (Lipinski definition) is 6. The molecule has 0 amide bonds. The molecule has 0 bridgehead atoms. The highest BCUT2D eigenvalue weighted by atomic mass is 32.1. The molecule has 1 aromatic heterocycles. The van der Waals surface area contributed by atoms with Gasteiger partial charge in [0.1, 0.15) is 16.7 Å². The molecule has 1 rings (SSSR count). The van der Waals surface area contributed by atoms with Crippen molar-refractivity contribution in [1.29, 1.82) is 0 Å². The lowest BCUT2D eigenvalue weighted by Crippen LogP contribution is -2.38. The molecule has 0 saturated carbocycles. The third kappa shape index (κ3) is 10.9. The molecule has 0 radical (unpaired) electrons. The summed E-state index contributed by atoms with van der Waals surface area (Å²) in [5, 5.41) is 6.42. The predicted octanol–water partition coefficient (Wildman–Crippen LogP) is 4.54. The number of aromatic nitrogens is 1. The van der Waals surface area contributed by atoms with Crippen molar-refractivity contribution in [2.45, 2.75) is 85.0 Å². The van der Waals surface area contributed by atoms with Crippen LogP contribution in [-0.2, 0) is 20.8 Å². The fourth-order valence-corrected chi connectivity index (χ4v) is 3.62. The van der Waals surface area contributed by atoms with Crippen LogP contribution in [0.5, 0.6) is 0 Å². The maximum absolute atomic E-state index is 11.7. The third-order valence-corrected chi connectivity index (χ3v) is 5.39. The minimum atomic E-state index is -0.400. The Kier molecular flexibility index (Phi) is 11.9. The average Bonchev–Trinajstić information content (AvgIpc) is 3.12. The van der Waals surface area contributed by atoms with Crippen LogP contribution < -0.4 is 5.32 Å². The summed E-state index contributed by atoms with van der Waals surface area (Å²) in [5.74, 6) is 0.780. The van der Waals surface area contributed by atoms with E-state index >= 15 is 0 Å². The Hall–Kier alpha value is -1.67. The minimum absolute atomic E-state index is 0.0197. The quantitative estimate of drug-likeness (QED) is 0.223. The Labute approximate surface area is 186 Å². The second-order valence-electron chi connectivity index (χ2n) is 8.40. The lowest BCUT2D eigenvalue weighted by Gasteiger charge is -2.21. The summed E-state index contributed by atoms with van der Waals surface area (Å²) in [6.45, 7) is 12.1. The number of rotatable bonds is 12. The molecule has 0 aliphatic heterocycles. The Morgan fingerprint density at radius 2 is 2.00 bits per heavy atom. The Bertz CT molecular complexity index is 655. The van der Waals surface area contributed by atoms with Gasteiger partial charge >= 0.3 is 5.97 Å². The van der Waals surface area contributed by atoms with E-state index in [0.717, 1.165) is 55.4 Å². The van der Waals surface area contributed by atoms with Crippen molar-refractivity contribution in [3.63, 3.8) is 0 Å². The maximum Gasteiger partial charge on any atom is 0.306 e. The first-order valence-corrected chi connectivity index (χ1v) is 11.7. The number of esters is 1. The van der Waals surface area contributed by atoms with E-state index in [0.29, 0.717) is 13.0 Å². The van der Waals surface area contributed by atoms with Crippen molar-refractivity contribution in [3.05, 3.63) is 16.1 Å². The van der Waals surface area contributed by atoms with Crippen molar-refractivity contribution in [2.24, 2.45) is 4.99 Å². The van der Waals surface area contributed by atoms with E-state index in [4.69, 9.17) is 14.5 Å². The van der Waals surface area contributed by atoms with Gasteiger partial charge in [-0.3, -0.25) is 9.79 Å². The van der Waals surface area contributed by atoms with E-state index < -0.39 is 5.60 Å². The van der Waals surface area contributed by atoms with Crippen LogP contribution in [0.1, 0.15) is 83.5 Å². The second kappa shape index (κ2) is 13.6. The molecule has 0 aliphatic carbocycles. The number of unbranched alkanes of at least 4 members (excludes halogenated alkanes) is 3. The zero-order valence-corrected chi connectivity index (χ0v) is 20.6. The standard InChI is InChI=1S/C22H40N4O3S/c1-8-23-21(26(6)15-18-16-30-20(25-18)17(2)28-7)24-14-12-10-9-11-13-19(27)29-22(3,4)5/h16-17H,8-15H2,1-7H3,(H,23,24). The van der Waals surface area contributed by atoms with Gasteiger partial charge in [-0.25, -0.2) is 4.98 Å². The number of carbonyl (C=O) groups excluding carboxylic acids is 1. The highest BCUT2D eigenvalue weighted by molar-refractivity contribution is 7.09. The second-order valence-corrected chi connectivity index (χ2v) is 9.29. The van der Waals surface area contributed by atoms with E-state index in [2.05, 4.69) is 27.5 Å². The molecule has 0 fully saturated rings. The molecule has 7 nitrogen and oxygen atoms in total. The van der Waals surface area contributed by atoms with E-state index in [9.17, 15) is 4.79 Å². The summed E-state index contributed by atoms with van der Waals surface area (Å²) in [6.07, 6.45) is 4.45. The number of ether oxygens (including phenoxy) is 2. The fourth-order valence-electron chi connectivity index (χ4n) is 2.78. The van der Waals surface area contributed by atoms with Crippen LogP contribution in [0.15, 0.2) is 10.4 Å². The van der Waals surface area contributed by atoms with Crippen molar-refractivity contribution in [3.8, 4) is 0 Å². The summed E-state index contributed by atoms with van der Waals surface area (Å²) in [6, 6.07) is 0. The highest BCUT2D eigenvalue weighted by Crippen LogP contribution is 2.21. The monoisotopic (exact) mass is 440 g/mol. The van der Waals surface area contributed by atoms with Gasteiger partial charge in [0.2, 0.25) is 0 Å². The Balaban J connectivity index is 2.37. The topological polar surface area (TPSA) is 76.0 Å². The van der Waals surface area contributed by atoms with E-state index in [1.54, 1.807) is 18.4 Å². The smallest absolute Gasteiger partial charge is 0.306 e. The number of nitrogens with one attached hydrogen (secondary N) is 1. The first kappa shape index (κ1) is 26.4. The summed E-state index contributed by atoms with van der Waals surface area (Å²) in [4.78, 5) is 23.2. The Morgan fingerprint density at radius 1 is 1.30 bits per heavy atom. The van der Waals surface area contributed by atoms with Gasteiger partial charge < -0.3 is 19.7 Å². The van der Waals surface area contributed by atoms with Gasteiger partial charge in [-0.2, -0.15) is 0 Å². The van der Waals surface area contributed by atoms with Crippen LogP contribution in [-0.4, -0.2) is 54.7 Å². The molecule has 1 N–H and O–H groups in total. The zero-order valence-electron chi connectivity index (χ0n) is 19.8. The van der Waals surface area contributed by atoms with Gasteiger partial charge in [0.15, 0.2) is 5.96 Å². The lowest BCUT2D eigenvalue weighted by atomic mass is 10.1. The number of carbonyl (C=O) groups is 1. The molecule has 8 heteroatoms. The van der Waals surface area contributed by atoms with Crippen molar-refractivity contribution in [1.82, 2.24) is 15.2 Å². The summed E-state index contributed by atoms with van der Waals surface area (Å²) in [7, 11) is 3.73. The third-order valence-electron chi connectivity index (χ3n) is 4.34. The molecule has 1 heterocycles. The zero-order chi connectivity index (χ0) is 22.6. The number of thiazole rings is 1. The largest absolute Gasteiger partial charge is 0.460 e. The lowest BCUT2D eigenvalue weighted by molar-refractivity contribution is -0.154. The van der Waals surface area contributed by atoms with E-state index in [1.165, 1.54) is 0 Å². The number of aliphatic imine (C=N–C) groups is 1. The number of guanidine groups is 1. The Morgan fingerprint density at radius 3 is 2.63 bits per heavy atom. The van der Waals surface area contributed by atoms with Crippen molar-refractivity contribution >= 4 is 23.3 Å². The van der Waals surface area contributed by atoms with Gasteiger partial charge in [-0.15, -0.1) is 11.3 Å². The van der Waals surface area contributed by atoms with E-state index in [-0.39, 0.29) is 12.1 Å². The van der Waals surface area contributed by atoms with Crippen molar-refractivity contribution in [2.75, 3.05) is 27.2 Å². The minimum Gasteiger partial charge on any atom is -0.460 e. The number of hydrogen-bond donors (Lipinski definition) is 1. The molecule has 1 atom stereocenters. The number of methoxy groups -OCH3 is 1. The van der Waals surface area contributed by atoms with E-state index in [1.807, 2.05) is 34.7 Å². The van der Waals surface area contributed by atoms with Gasteiger partial charge in [0.05, 0.1) is 12.2 Å². The SMILES string of the molecule is CCNC(=NCCCCCCC(=O)OC(C)(C)C)N(C)Cc1csc(C(C)OC)n1. The van der Waals surface area contributed by atoms with Crippen LogP contribution in [0, 0.1) is 0 Å². The van der Waals surface area contributed by atoms with Crippen LogP contribution in [0.2, 0.25) is 0 Å². The normalized spacial score (nSPS) is 13.2. The molecular formula is C22H40N4O3S. The number of nitrogens with zero attached hydrogens (tertiary/aromatic N) is 3. The van der Waals surface area contributed by atoms with Crippen LogP contribution >= 0.6 is 11.3 Å². The van der Waals surface area contributed by atoms with Crippen molar-refractivity contribution < 1.29 is 14.3 Å². The molecule has 0 saturated heterocycles. The molecular weight excluding hydrogens is 400 g/mol. The molecule has 30 heavy (non-hydrogen) atoms. The first-order chi connectivity index (χ1) is 14.2.